The minimum atomic E-state index is -0.489. The van der Waals surface area contributed by atoms with Crippen molar-refractivity contribution in [2.24, 2.45) is 0 Å². The molecule has 2 aromatic rings. The van der Waals surface area contributed by atoms with Crippen molar-refractivity contribution in [2.75, 3.05) is 18.5 Å². The summed E-state index contributed by atoms with van der Waals surface area (Å²) >= 11 is 11.8. The molecule has 0 fully saturated rings. The van der Waals surface area contributed by atoms with Crippen LogP contribution in [0.25, 0.3) is 6.08 Å². The molecule has 0 amide bonds. The third kappa shape index (κ3) is 7.54. The highest BCUT2D eigenvalue weighted by molar-refractivity contribution is 6.35. The van der Waals surface area contributed by atoms with Crippen LogP contribution in [0.4, 0.5) is 11.5 Å². The molecule has 0 unspecified atom stereocenters. The lowest BCUT2D eigenvalue weighted by Crippen LogP contribution is -2.05. The van der Waals surface area contributed by atoms with Crippen molar-refractivity contribution in [1.29, 1.82) is 0 Å². The molecule has 2 rings (SSSR count). The molecule has 0 spiro atoms. The van der Waals surface area contributed by atoms with Gasteiger partial charge in [-0.2, -0.15) is 0 Å². The van der Waals surface area contributed by atoms with Crippen molar-refractivity contribution in [2.45, 2.75) is 19.3 Å². The Hall–Kier alpha value is -2.64. The highest BCUT2D eigenvalue weighted by atomic mass is 35.5. The van der Waals surface area contributed by atoms with Crippen molar-refractivity contribution in [3.63, 3.8) is 0 Å². The maximum absolute atomic E-state index is 11.7. The van der Waals surface area contributed by atoms with E-state index in [9.17, 15) is 14.9 Å². The number of anilines is 1. The number of carbonyl (C=O) groups is 1. The number of esters is 1. The van der Waals surface area contributed by atoms with Crippen LogP contribution in [-0.4, -0.2) is 29.0 Å². The van der Waals surface area contributed by atoms with Crippen LogP contribution in [0.2, 0.25) is 10.0 Å². The Morgan fingerprint density at radius 1 is 1.21 bits per heavy atom. The van der Waals surface area contributed by atoms with Crippen LogP contribution in [0.15, 0.2) is 42.6 Å². The second-order valence-corrected chi connectivity index (χ2v) is 6.66. The van der Waals surface area contributed by atoms with E-state index in [-0.39, 0.29) is 5.69 Å². The number of rotatable bonds is 10. The van der Waals surface area contributed by atoms with Crippen LogP contribution in [-0.2, 0) is 9.53 Å². The summed E-state index contributed by atoms with van der Waals surface area (Å²) in [6.07, 6.45) is 6.58. The highest BCUT2D eigenvalue weighted by Gasteiger charge is 2.04. The van der Waals surface area contributed by atoms with Crippen LogP contribution in [0, 0.1) is 10.1 Å². The zero-order valence-electron chi connectivity index (χ0n) is 14.9. The van der Waals surface area contributed by atoms with Gasteiger partial charge in [-0.3, -0.25) is 10.1 Å². The van der Waals surface area contributed by atoms with Gasteiger partial charge in [0.05, 0.1) is 11.5 Å². The van der Waals surface area contributed by atoms with E-state index < -0.39 is 10.9 Å². The smallest absolute Gasteiger partial charge is 0.330 e. The third-order valence-corrected chi connectivity index (χ3v) is 4.25. The number of benzene rings is 1. The predicted octanol–water partition coefficient (Wildman–Crippen LogP) is 5.14. The summed E-state index contributed by atoms with van der Waals surface area (Å²) in [5, 5.41) is 14.6. The van der Waals surface area contributed by atoms with Gasteiger partial charge in [-0.05, 0) is 49.1 Å². The number of halogens is 2. The first-order valence-electron chi connectivity index (χ1n) is 8.60. The molecule has 148 valence electrons. The molecule has 1 aromatic carbocycles. The molecular weight excluding hydrogens is 405 g/mol. The number of unbranched alkanes of at least 4 members (excludes halogenated alkanes) is 2. The van der Waals surface area contributed by atoms with Crippen molar-refractivity contribution in [3.8, 4) is 0 Å². The van der Waals surface area contributed by atoms with E-state index in [0.29, 0.717) is 34.6 Å². The van der Waals surface area contributed by atoms with E-state index in [0.717, 1.165) is 19.3 Å². The molecule has 0 aliphatic heterocycles. The lowest BCUT2D eigenvalue weighted by molar-refractivity contribution is -0.385. The summed E-state index contributed by atoms with van der Waals surface area (Å²) < 4.78 is 5.14. The molecule has 0 saturated carbocycles. The van der Waals surface area contributed by atoms with E-state index in [1.54, 1.807) is 30.3 Å². The number of hydrogen-bond acceptors (Lipinski definition) is 6. The first-order valence-corrected chi connectivity index (χ1v) is 9.35. The van der Waals surface area contributed by atoms with Crippen molar-refractivity contribution >= 4 is 46.8 Å². The molecule has 28 heavy (non-hydrogen) atoms. The average Bonchev–Trinajstić information content (AvgIpc) is 2.67. The zero-order chi connectivity index (χ0) is 20.4. The molecule has 1 aromatic heterocycles. The summed E-state index contributed by atoms with van der Waals surface area (Å²) in [6, 6.07) is 7.99. The molecule has 1 N–H and O–H groups in total. The Morgan fingerprint density at radius 3 is 2.71 bits per heavy atom. The number of pyridine rings is 1. The minimum Gasteiger partial charge on any atom is -0.463 e. The number of nitro groups is 1. The lowest BCUT2D eigenvalue weighted by Gasteiger charge is -2.05. The Bertz CT molecular complexity index is 842. The van der Waals surface area contributed by atoms with Crippen LogP contribution in [0.1, 0.15) is 24.8 Å². The molecule has 1 heterocycles. The number of hydrogen-bond donors (Lipinski definition) is 1. The van der Waals surface area contributed by atoms with Crippen molar-refractivity contribution < 1.29 is 14.5 Å². The van der Waals surface area contributed by atoms with E-state index in [1.807, 2.05) is 0 Å². The largest absolute Gasteiger partial charge is 0.463 e. The molecule has 0 bridgehead atoms. The molecule has 0 radical (unpaired) electrons. The van der Waals surface area contributed by atoms with Gasteiger partial charge in [0.2, 0.25) is 0 Å². The molecule has 0 aliphatic carbocycles. The summed E-state index contributed by atoms with van der Waals surface area (Å²) in [5.41, 5.74) is 0.647. The quantitative estimate of drug-likeness (QED) is 0.187. The molecule has 0 atom stereocenters. The Kier molecular flexibility index (Phi) is 8.71. The van der Waals surface area contributed by atoms with Gasteiger partial charge < -0.3 is 10.1 Å². The SMILES string of the molecule is O=C(/C=C/c1ccc(Cl)cc1Cl)OCCCCCNc1ccc([N+](=O)[O-])cn1. The van der Waals surface area contributed by atoms with Crippen LogP contribution in [0.5, 0.6) is 0 Å². The summed E-state index contributed by atoms with van der Waals surface area (Å²) in [4.78, 5) is 25.7. The second kappa shape index (κ2) is 11.3. The molecule has 0 aliphatic rings. The van der Waals surface area contributed by atoms with Crippen molar-refractivity contribution in [3.05, 3.63) is 68.3 Å². The summed E-state index contributed by atoms with van der Waals surface area (Å²) in [7, 11) is 0. The van der Waals surface area contributed by atoms with Crippen LogP contribution >= 0.6 is 23.2 Å². The maximum Gasteiger partial charge on any atom is 0.330 e. The molecule has 9 heteroatoms. The fourth-order valence-corrected chi connectivity index (χ4v) is 2.71. The Labute approximate surface area is 172 Å². The first kappa shape index (κ1) is 21.7. The van der Waals surface area contributed by atoms with Gasteiger partial charge in [0, 0.05) is 28.7 Å². The van der Waals surface area contributed by atoms with E-state index >= 15 is 0 Å². The van der Waals surface area contributed by atoms with Gasteiger partial charge in [-0.25, -0.2) is 9.78 Å². The van der Waals surface area contributed by atoms with Gasteiger partial charge in [-0.15, -0.1) is 0 Å². The number of nitrogens with zero attached hydrogens (tertiary/aromatic N) is 2. The fourth-order valence-electron chi connectivity index (χ4n) is 2.23. The van der Waals surface area contributed by atoms with Gasteiger partial charge in [0.15, 0.2) is 0 Å². The zero-order valence-corrected chi connectivity index (χ0v) is 16.4. The van der Waals surface area contributed by atoms with E-state index in [1.165, 1.54) is 18.3 Å². The molecule has 7 nitrogen and oxygen atoms in total. The maximum atomic E-state index is 11.7. The summed E-state index contributed by atoms with van der Waals surface area (Å²) in [5.74, 6) is 0.155. The number of aromatic nitrogens is 1. The van der Waals surface area contributed by atoms with E-state index in [4.69, 9.17) is 27.9 Å². The number of nitrogens with one attached hydrogen (secondary N) is 1. The second-order valence-electron chi connectivity index (χ2n) is 5.81. The normalized spacial score (nSPS) is 10.8. The number of ether oxygens (including phenoxy) is 1. The van der Waals surface area contributed by atoms with Crippen LogP contribution in [0.3, 0.4) is 0 Å². The van der Waals surface area contributed by atoms with Gasteiger partial charge in [-0.1, -0.05) is 29.3 Å². The minimum absolute atomic E-state index is 0.0419. The fraction of sp³-hybridized carbons (Fsp3) is 0.263. The molecular formula is C19H19Cl2N3O4. The average molecular weight is 424 g/mol. The van der Waals surface area contributed by atoms with Crippen LogP contribution < -0.4 is 5.32 Å². The topological polar surface area (TPSA) is 94.4 Å². The van der Waals surface area contributed by atoms with Gasteiger partial charge >= 0.3 is 5.97 Å². The summed E-state index contributed by atoms with van der Waals surface area (Å²) in [6.45, 7) is 1.00. The van der Waals surface area contributed by atoms with Gasteiger partial charge in [0.25, 0.3) is 5.69 Å². The first-order chi connectivity index (χ1) is 13.5. The third-order valence-electron chi connectivity index (χ3n) is 3.69. The molecule has 0 saturated heterocycles. The number of carbonyl (C=O) groups excluding carboxylic acids is 1. The van der Waals surface area contributed by atoms with Gasteiger partial charge in [0.1, 0.15) is 12.0 Å². The monoisotopic (exact) mass is 423 g/mol. The van der Waals surface area contributed by atoms with Crippen molar-refractivity contribution in [1.82, 2.24) is 4.98 Å². The standard InChI is InChI=1S/C19H19Cl2N3O4/c20-15-6-4-14(17(21)12-15)5-9-19(25)28-11-3-1-2-10-22-18-8-7-16(13-23-18)24(26)27/h4-9,12-13H,1-3,10-11H2,(H,22,23)/b9-5+. The highest BCUT2D eigenvalue weighted by Crippen LogP contribution is 2.22. The lowest BCUT2D eigenvalue weighted by atomic mass is 10.2. The predicted molar refractivity (Wildman–Crippen MR) is 110 cm³/mol. The van der Waals surface area contributed by atoms with E-state index in [2.05, 4.69) is 10.3 Å². The Balaban J connectivity index is 1.58. The Morgan fingerprint density at radius 2 is 2.04 bits per heavy atom.